The summed E-state index contributed by atoms with van der Waals surface area (Å²) in [7, 11) is 0. The molecule has 0 atom stereocenters. The van der Waals surface area contributed by atoms with Crippen LogP contribution in [-0.2, 0) is 19.1 Å². The summed E-state index contributed by atoms with van der Waals surface area (Å²) in [6.45, 7) is 3.75. The highest BCUT2D eigenvalue weighted by Gasteiger charge is 2.31. The van der Waals surface area contributed by atoms with E-state index in [1.807, 2.05) is 29.2 Å². The Morgan fingerprint density at radius 2 is 1.56 bits per heavy atom. The maximum atomic E-state index is 13.0. The van der Waals surface area contributed by atoms with Gasteiger partial charge in [0, 0.05) is 56.2 Å². The average molecular weight is 466 g/mol. The Morgan fingerprint density at radius 1 is 0.824 bits per heavy atom. The summed E-state index contributed by atoms with van der Waals surface area (Å²) in [4.78, 5) is 19.0. The molecular formula is C27H26F3N3O. The first kappa shape index (κ1) is 22.3. The van der Waals surface area contributed by atoms with Crippen LogP contribution in [0.25, 0.3) is 0 Å². The Kier molecular flexibility index (Phi) is 5.94. The Balaban J connectivity index is 1.18. The van der Waals surface area contributed by atoms with Gasteiger partial charge >= 0.3 is 6.18 Å². The summed E-state index contributed by atoms with van der Waals surface area (Å²) in [6.07, 6.45) is -3.31. The fourth-order valence-corrected chi connectivity index (χ4v) is 4.77. The first-order valence-electron chi connectivity index (χ1n) is 11.5. The van der Waals surface area contributed by atoms with Crippen molar-refractivity contribution >= 4 is 17.3 Å². The van der Waals surface area contributed by atoms with E-state index in [2.05, 4.69) is 29.2 Å². The summed E-state index contributed by atoms with van der Waals surface area (Å²) in [5.74, 6) is -0.0400. The lowest BCUT2D eigenvalue weighted by Crippen LogP contribution is -2.48. The lowest BCUT2D eigenvalue weighted by atomic mass is 10.1. The van der Waals surface area contributed by atoms with Crippen molar-refractivity contribution < 1.29 is 18.0 Å². The van der Waals surface area contributed by atoms with Crippen molar-refractivity contribution in [2.24, 2.45) is 0 Å². The SMILES string of the molecule is O=C(c1ccc(CN2CCc3ccccc32)cc1)N1CCN(c2cccc(C(F)(F)F)c2)CC1. The van der Waals surface area contributed by atoms with Crippen molar-refractivity contribution in [2.45, 2.75) is 19.1 Å². The van der Waals surface area contributed by atoms with Crippen molar-refractivity contribution in [3.8, 4) is 0 Å². The zero-order valence-electron chi connectivity index (χ0n) is 18.8. The molecule has 2 aliphatic heterocycles. The molecule has 5 rings (SSSR count). The van der Waals surface area contributed by atoms with E-state index in [1.54, 1.807) is 11.0 Å². The molecule has 3 aromatic carbocycles. The molecule has 1 fully saturated rings. The molecule has 0 aliphatic carbocycles. The first-order chi connectivity index (χ1) is 16.4. The second-order valence-corrected chi connectivity index (χ2v) is 8.82. The third-order valence-corrected chi connectivity index (χ3v) is 6.66. The largest absolute Gasteiger partial charge is 0.416 e. The highest BCUT2D eigenvalue weighted by atomic mass is 19.4. The molecule has 0 N–H and O–H groups in total. The molecule has 0 unspecified atom stereocenters. The van der Waals surface area contributed by atoms with Gasteiger partial charge in [0.15, 0.2) is 0 Å². The van der Waals surface area contributed by atoms with Crippen LogP contribution in [0.5, 0.6) is 0 Å². The van der Waals surface area contributed by atoms with Crippen molar-refractivity contribution in [1.82, 2.24) is 4.90 Å². The van der Waals surface area contributed by atoms with E-state index >= 15 is 0 Å². The van der Waals surface area contributed by atoms with Gasteiger partial charge in [0.2, 0.25) is 0 Å². The van der Waals surface area contributed by atoms with Crippen LogP contribution in [0.1, 0.15) is 27.0 Å². The van der Waals surface area contributed by atoms with Crippen LogP contribution in [0.15, 0.2) is 72.8 Å². The highest BCUT2D eigenvalue weighted by Crippen LogP contribution is 2.32. The van der Waals surface area contributed by atoms with Crippen molar-refractivity contribution in [2.75, 3.05) is 42.5 Å². The number of piperazine rings is 1. The quantitative estimate of drug-likeness (QED) is 0.528. The molecule has 1 saturated heterocycles. The number of nitrogens with zero attached hydrogens (tertiary/aromatic N) is 3. The minimum atomic E-state index is -4.36. The van der Waals surface area contributed by atoms with Crippen LogP contribution in [0.4, 0.5) is 24.5 Å². The molecule has 7 heteroatoms. The van der Waals surface area contributed by atoms with Gasteiger partial charge in [-0.3, -0.25) is 4.79 Å². The zero-order chi connectivity index (χ0) is 23.7. The van der Waals surface area contributed by atoms with Crippen LogP contribution >= 0.6 is 0 Å². The number of para-hydroxylation sites is 1. The summed E-state index contributed by atoms with van der Waals surface area (Å²) in [6, 6.07) is 21.6. The smallest absolute Gasteiger partial charge is 0.368 e. The van der Waals surface area contributed by atoms with Crippen molar-refractivity contribution in [3.05, 3.63) is 95.1 Å². The number of halogens is 3. The monoisotopic (exact) mass is 465 g/mol. The van der Waals surface area contributed by atoms with E-state index in [0.29, 0.717) is 37.4 Å². The number of rotatable bonds is 4. The third-order valence-electron chi connectivity index (χ3n) is 6.66. The summed E-state index contributed by atoms with van der Waals surface area (Å²) < 4.78 is 39.1. The number of carbonyl (C=O) groups is 1. The van der Waals surface area contributed by atoms with E-state index < -0.39 is 11.7 Å². The number of alkyl halides is 3. The molecule has 2 aliphatic rings. The van der Waals surface area contributed by atoms with E-state index in [0.717, 1.165) is 31.1 Å². The maximum absolute atomic E-state index is 13.0. The second kappa shape index (κ2) is 9.05. The normalized spacial score (nSPS) is 16.0. The maximum Gasteiger partial charge on any atom is 0.416 e. The Bertz CT molecular complexity index is 1170. The van der Waals surface area contributed by atoms with Gasteiger partial charge in [-0.2, -0.15) is 13.2 Å². The van der Waals surface area contributed by atoms with Crippen LogP contribution in [0, 0.1) is 0 Å². The lowest BCUT2D eigenvalue weighted by molar-refractivity contribution is -0.137. The molecule has 0 bridgehead atoms. The molecule has 1 amide bonds. The predicted octanol–water partition coefficient (Wildman–Crippen LogP) is 5.23. The molecule has 4 nitrogen and oxygen atoms in total. The molecule has 0 spiro atoms. The van der Waals surface area contributed by atoms with Crippen LogP contribution < -0.4 is 9.80 Å². The van der Waals surface area contributed by atoms with Crippen LogP contribution in [0.3, 0.4) is 0 Å². The van der Waals surface area contributed by atoms with E-state index in [1.165, 1.54) is 23.4 Å². The highest BCUT2D eigenvalue weighted by molar-refractivity contribution is 5.94. The van der Waals surface area contributed by atoms with Gasteiger partial charge in [0.1, 0.15) is 0 Å². The van der Waals surface area contributed by atoms with Gasteiger partial charge in [-0.1, -0.05) is 36.4 Å². The van der Waals surface area contributed by atoms with Gasteiger partial charge in [-0.25, -0.2) is 0 Å². The molecule has 3 aromatic rings. The summed E-state index contributed by atoms with van der Waals surface area (Å²) in [5, 5.41) is 0. The molecule has 0 aromatic heterocycles. The molecule has 0 radical (unpaired) electrons. The van der Waals surface area contributed by atoms with Gasteiger partial charge in [-0.15, -0.1) is 0 Å². The lowest BCUT2D eigenvalue weighted by Gasteiger charge is -2.36. The molecule has 176 valence electrons. The Morgan fingerprint density at radius 3 is 2.29 bits per heavy atom. The number of benzene rings is 3. The van der Waals surface area contributed by atoms with Gasteiger partial charge in [0.25, 0.3) is 5.91 Å². The van der Waals surface area contributed by atoms with Crippen molar-refractivity contribution in [1.29, 1.82) is 0 Å². The van der Waals surface area contributed by atoms with Crippen LogP contribution in [-0.4, -0.2) is 43.5 Å². The summed E-state index contributed by atoms with van der Waals surface area (Å²) in [5.41, 5.74) is 4.33. The van der Waals surface area contributed by atoms with E-state index in [9.17, 15) is 18.0 Å². The Labute approximate surface area is 197 Å². The Hall–Kier alpha value is -3.48. The summed E-state index contributed by atoms with van der Waals surface area (Å²) >= 11 is 0. The number of anilines is 2. The minimum absolute atomic E-state index is 0.0400. The van der Waals surface area contributed by atoms with E-state index in [4.69, 9.17) is 0 Å². The topological polar surface area (TPSA) is 26.8 Å². The number of hydrogen-bond donors (Lipinski definition) is 0. The van der Waals surface area contributed by atoms with E-state index in [-0.39, 0.29) is 5.91 Å². The van der Waals surface area contributed by atoms with Crippen LogP contribution in [0.2, 0.25) is 0 Å². The molecule has 0 saturated carbocycles. The number of carbonyl (C=O) groups excluding carboxylic acids is 1. The number of hydrogen-bond acceptors (Lipinski definition) is 3. The molecule has 2 heterocycles. The predicted molar refractivity (Wildman–Crippen MR) is 127 cm³/mol. The fraction of sp³-hybridized carbons (Fsp3) is 0.296. The second-order valence-electron chi connectivity index (χ2n) is 8.82. The standard InChI is InChI=1S/C27H26F3N3O/c28-27(29,30)23-5-3-6-24(18-23)31-14-16-32(17-15-31)26(34)22-10-8-20(9-11-22)19-33-13-12-21-4-1-2-7-25(21)33/h1-11,18H,12-17,19H2. The minimum Gasteiger partial charge on any atom is -0.368 e. The van der Waals surface area contributed by atoms with Gasteiger partial charge in [0.05, 0.1) is 5.56 Å². The van der Waals surface area contributed by atoms with Gasteiger partial charge in [-0.05, 0) is 53.9 Å². The third kappa shape index (κ3) is 4.60. The van der Waals surface area contributed by atoms with Gasteiger partial charge < -0.3 is 14.7 Å². The first-order valence-corrected chi connectivity index (χ1v) is 11.5. The number of fused-ring (bicyclic) bond motifs is 1. The average Bonchev–Trinajstić information content (AvgIpc) is 3.26. The fourth-order valence-electron chi connectivity index (χ4n) is 4.77. The zero-order valence-corrected chi connectivity index (χ0v) is 18.8. The number of amides is 1. The van der Waals surface area contributed by atoms with Crippen molar-refractivity contribution in [3.63, 3.8) is 0 Å². The molecule has 34 heavy (non-hydrogen) atoms. The molecular weight excluding hydrogens is 439 g/mol.